The first-order valence-corrected chi connectivity index (χ1v) is 7.20. The van der Waals surface area contributed by atoms with Gasteiger partial charge in [-0.1, -0.05) is 11.6 Å². The van der Waals surface area contributed by atoms with Crippen molar-refractivity contribution in [3.05, 3.63) is 28.9 Å². The number of halogens is 1. The van der Waals surface area contributed by atoms with Gasteiger partial charge in [-0.25, -0.2) is 9.97 Å². The first-order valence-electron chi connectivity index (χ1n) is 5.94. The number of pyridine rings is 1. The Morgan fingerprint density at radius 1 is 1.42 bits per heavy atom. The Morgan fingerprint density at radius 3 is 3.16 bits per heavy atom. The molecule has 0 bridgehead atoms. The number of guanidine groups is 1. The van der Waals surface area contributed by atoms with Crippen LogP contribution in [0.25, 0.3) is 11.3 Å². The molecular formula is C12H12ClN5S. The second-order valence-corrected chi connectivity index (χ2v) is 5.29. The predicted octanol–water partition coefficient (Wildman–Crippen LogP) is 2.62. The third kappa shape index (κ3) is 3.02. The van der Waals surface area contributed by atoms with Crippen LogP contribution in [-0.4, -0.2) is 29.0 Å². The van der Waals surface area contributed by atoms with Crippen LogP contribution in [0, 0.1) is 0 Å². The van der Waals surface area contributed by atoms with Gasteiger partial charge in [-0.3, -0.25) is 4.99 Å². The normalized spacial score (nSPS) is 14.7. The Balaban J connectivity index is 1.77. The molecule has 0 saturated heterocycles. The van der Waals surface area contributed by atoms with Gasteiger partial charge in [0.25, 0.3) is 0 Å². The first-order chi connectivity index (χ1) is 9.31. The van der Waals surface area contributed by atoms with E-state index in [0.29, 0.717) is 5.15 Å². The van der Waals surface area contributed by atoms with Crippen LogP contribution in [0.5, 0.6) is 0 Å². The Kier molecular flexibility index (Phi) is 3.61. The molecule has 0 fully saturated rings. The van der Waals surface area contributed by atoms with Gasteiger partial charge in [0.1, 0.15) is 5.15 Å². The Hall–Kier alpha value is -1.66. The van der Waals surface area contributed by atoms with Gasteiger partial charge in [-0.15, -0.1) is 11.3 Å². The van der Waals surface area contributed by atoms with Gasteiger partial charge >= 0.3 is 0 Å². The van der Waals surface area contributed by atoms with Gasteiger partial charge in [0.2, 0.25) is 0 Å². The summed E-state index contributed by atoms with van der Waals surface area (Å²) in [5, 5.41) is 9.65. The lowest BCUT2D eigenvalue weighted by Gasteiger charge is -2.14. The van der Waals surface area contributed by atoms with Crippen molar-refractivity contribution in [1.29, 1.82) is 0 Å². The third-order valence-corrected chi connectivity index (χ3v) is 3.61. The summed E-state index contributed by atoms with van der Waals surface area (Å²) in [6.45, 7) is 1.80. The zero-order valence-corrected chi connectivity index (χ0v) is 11.6. The highest BCUT2D eigenvalue weighted by molar-refractivity contribution is 7.14. The summed E-state index contributed by atoms with van der Waals surface area (Å²) in [5.74, 6) is 0.792. The fraction of sp³-hybridized carbons (Fsp3) is 0.250. The summed E-state index contributed by atoms with van der Waals surface area (Å²) >= 11 is 7.41. The lowest BCUT2D eigenvalue weighted by molar-refractivity contribution is 0.740. The third-order valence-electron chi connectivity index (χ3n) is 2.65. The van der Waals surface area contributed by atoms with Crippen LogP contribution in [0.2, 0.25) is 5.15 Å². The maximum atomic E-state index is 5.88. The molecule has 5 nitrogen and oxygen atoms in total. The lowest BCUT2D eigenvalue weighted by Crippen LogP contribution is -2.35. The topological polar surface area (TPSA) is 62.2 Å². The predicted molar refractivity (Wildman–Crippen MR) is 78.9 cm³/mol. The summed E-state index contributed by atoms with van der Waals surface area (Å²) in [7, 11) is 0. The molecule has 2 aromatic heterocycles. The van der Waals surface area contributed by atoms with Crippen LogP contribution in [0.3, 0.4) is 0 Å². The van der Waals surface area contributed by atoms with Crippen molar-refractivity contribution in [2.24, 2.45) is 4.99 Å². The summed E-state index contributed by atoms with van der Waals surface area (Å²) in [4.78, 5) is 12.8. The maximum Gasteiger partial charge on any atom is 0.197 e. The van der Waals surface area contributed by atoms with Gasteiger partial charge in [0, 0.05) is 30.2 Å². The van der Waals surface area contributed by atoms with E-state index in [9.17, 15) is 0 Å². The minimum absolute atomic E-state index is 0.471. The van der Waals surface area contributed by atoms with E-state index < -0.39 is 0 Å². The average molecular weight is 294 g/mol. The Labute approximate surface area is 119 Å². The van der Waals surface area contributed by atoms with E-state index in [0.717, 1.165) is 41.9 Å². The van der Waals surface area contributed by atoms with Gasteiger partial charge in [0.05, 0.1) is 5.69 Å². The van der Waals surface area contributed by atoms with Crippen LogP contribution in [0.15, 0.2) is 28.7 Å². The molecule has 0 saturated carbocycles. The zero-order valence-electron chi connectivity index (χ0n) is 10.1. The number of aliphatic imine (C=N–C) groups is 1. The van der Waals surface area contributed by atoms with Crippen molar-refractivity contribution < 1.29 is 0 Å². The number of hydrogen-bond acceptors (Lipinski definition) is 6. The summed E-state index contributed by atoms with van der Waals surface area (Å²) in [6, 6.07) is 3.69. The molecule has 0 unspecified atom stereocenters. The molecule has 1 aliphatic heterocycles. The van der Waals surface area contributed by atoms with E-state index in [1.807, 2.05) is 11.4 Å². The second kappa shape index (κ2) is 5.54. The number of rotatable bonds is 2. The van der Waals surface area contributed by atoms with Crippen molar-refractivity contribution in [2.75, 3.05) is 18.4 Å². The average Bonchev–Trinajstić information content (AvgIpc) is 2.88. The van der Waals surface area contributed by atoms with E-state index in [-0.39, 0.29) is 0 Å². The molecule has 98 valence electrons. The molecule has 19 heavy (non-hydrogen) atoms. The van der Waals surface area contributed by atoms with Crippen LogP contribution in [0.4, 0.5) is 5.13 Å². The van der Waals surface area contributed by atoms with Gasteiger partial charge in [0.15, 0.2) is 11.1 Å². The van der Waals surface area contributed by atoms with E-state index in [4.69, 9.17) is 11.6 Å². The number of anilines is 1. The van der Waals surface area contributed by atoms with E-state index in [1.54, 1.807) is 12.3 Å². The maximum absolute atomic E-state index is 5.88. The van der Waals surface area contributed by atoms with Crippen molar-refractivity contribution in [2.45, 2.75) is 6.42 Å². The molecule has 3 rings (SSSR count). The van der Waals surface area contributed by atoms with Gasteiger partial charge in [-0.2, -0.15) is 0 Å². The number of hydrogen-bond donors (Lipinski definition) is 2. The number of aromatic nitrogens is 2. The molecule has 0 spiro atoms. The minimum Gasteiger partial charge on any atom is -0.356 e. The van der Waals surface area contributed by atoms with Gasteiger partial charge in [-0.05, 0) is 18.6 Å². The van der Waals surface area contributed by atoms with Gasteiger partial charge < -0.3 is 10.6 Å². The molecule has 0 radical (unpaired) electrons. The Morgan fingerprint density at radius 2 is 2.37 bits per heavy atom. The molecule has 0 atom stereocenters. The highest BCUT2D eigenvalue weighted by Gasteiger charge is 2.08. The summed E-state index contributed by atoms with van der Waals surface area (Å²) in [5.41, 5.74) is 1.84. The molecule has 1 aliphatic rings. The smallest absolute Gasteiger partial charge is 0.197 e. The van der Waals surface area contributed by atoms with Crippen LogP contribution in [0.1, 0.15) is 6.42 Å². The highest BCUT2D eigenvalue weighted by atomic mass is 35.5. The molecule has 2 N–H and O–H groups in total. The van der Waals surface area contributed by atoms with E-state index in [1.165, 1.54) is 11.3 Å². The Bertz CT molecular complexity index is 610. The van der Waals surface area contributed by atoms with Crippen molar-refractivity contribution in [3.8, 4) is 11.3 Å². The first kappa shape index (κ1) is 12.4. The quantitative estimate of drug-likeness (QED) is 0.836. The van der Waals surface area contributed by atoms with Crippen molar-refractivity contribution in [1.82, 2.24) is 15.3 Å². The lowest BCUT2D eigenvalue weighted by atomic mass is 10.2. The van der Waals surface area contributed by atoms with Crippen LogP contribution < -0.4 is 10.6 Å². The van der Waals surface area contributed by atoms with Crippen LogP contribution in [-0.2, 0) is 0 Å². The zero-order chi connectivity index (χ0) is 13.1. The molecule has 0 aliphatic carbocycles. The fourth-order valence-electron chi connectivity index (χ4n) is 1.74. The van der Waals surface area contributed by atoms with Crippen LogP contribution >= 0.6 is 22.9 Å². The minimum atomic E-state index is 0.471. The molecule has 0 amide bonds. The number of nitrogens with zero attached hydrogens (tertiary/aromatic N) is 3. The largest absolute Gasteiger partial charge is 0.356 e. The highest BCUT2D eigenvalue weighted by Crippen LogP contribution is 2.25. The fourth-order valence-corrected chi connectivity index (χ4v) is 2.64. The monoisotopic (exact) mass is 293 g/mol. The molecule has 2 aromatic rings. The summed E-state index contributed by atoms with van der Waals surface area (Å²) < 4.78 is 0. The molecule has 0 aromatic carbocycles. The molecular weight excluding hydrogens is 282 g/mol. The summed E-state index contributed by atoms with van der Waals surface area (Å²) in [6.07, 6.45) is 2.75. The molecule has 3 heterocycles. The van der Waals surface area contributed by atoms with Crippen molar-refractivity contribution in [3.63, 3.8) is 0 Å². The molecule has 7 heteroatoms. The van der Waals surface area contributed by atoms with Crippen molar-refractivity contribution >= 4 is 34.0 Å². The number of thiazole rings is 1. The standard InChI is InChI=1S/C12H12ClN5S/c13-10-6-8(2-5-14-10)9-7-19-12(17-9)18-11-15-3-1-4-16-11/h2,5-7H,1,3-4H2,(H2,15,16,17,18). The van der Waals surface area contributed by atoms with E-state index in [2.05, 4.69) is 25.6 Å². The van der Waals surface area contributed by atoms with E-state index >= 15 is 0 Å². The second-order valence-electron chi connectivity index (χ2n) is 4.04. The SMILES string of the molecule is Clc1cc(-c2csc(NC3=NCCCN3)n2)ccn1. The number of nitrogens with one attached hydrogen (secondary N) is 2.